The first-order valence-corrected chi connectivity index (χ1v) is 7.98. The van der Waals surface area contributed by atoms with Crippen LogP contribution in [-0.2, 0) is 14.8 Å². The highest BCUT2D eigenvalue weighted by molar-refractivity contribution is 7.89. The van der Waals surface area contributed by atoms with Crippen LogP contribution in [0.3, 0.4) is 0 Å². The molecule has 0 radical (unpaired) electrons. The van der Waals surface area contributed by atoms with Crippen molar-refractivity contribution in [3.63, 3.8) is 0 Å². The van der Waals surface area contributed by atoms with Crippen molar-refractivity contribution < 1.29 is 13.2 Å². The van der Waals surface area contributed by atoms with E-state index in [2.05, 4.69) is 11.3 Å². The van der Waals surface area contributed by atoms with Gasteiger partial charge in [-0.1, -0.05) is 17.7 Å². The van der Waals surface area contributed by atoms with Gasteiger partial charge in [0.1, 0.15) is 4.90 Å². The number of halogens is 1. The Morgan fingerprint density at radius 1 is 1.45 bits per heavy atom. The Bertz CT molecular complexity index is 573. The lowest BCUT2D eigenvalue weighted by Crippen LogP contribution is -2.28. The van der Waals surface area contributed by atoms with E-state index in [9.17, 15) is 8.42 Å². The molecule has 0 heterocycles. The van der Waals surface area contributed by atoms with E-state index >= 15 is 0 Å². The molecule has 0 fully saturated rings. The van der Waals surface area contributed by atoms with Crippen LogP contribution in [0.25, 0.3) is 0 Å². The maximum atomic E-state index is 12.1. The van der Waals surface area contributed by atoms with Crippen molar-refractivity contribution in [2.24, 2.45) is 0 Å². The Hall–Kier alpha value is -1.08. The van der Waals surface area contributed by atoms with Crippen LogP contribution in [0.5, 0.6) is 0 Å². The summed E-state index contributed by atoms with van der Waals surface area (Å²) < 4.78 is 31.8. The molecule has 0 bridgehead atoms. The first kappa shape index (κ1) is 17.0. The van der Waals surface area contributed by atoms with Gasteiger partial charge in [-0.3, -0.25) is 0 Å². The third kappa shape index (κ3) is 4.79. The number of hydrogen-bond acceptors (Lipinski definition) is 4. The van der Waals surface area contributed by atoms with Crippen LogP contribution < -0.4 is 10.5 Å². The largest absolute Gasteiger partial charge is 0.398 e. The molecule has 0 saturated heterocycles. The minimum absolute atomic E-state index is 0.0200. The second-order valence-electron chi connectivity index (χ2n) is 4.23. The molecule has 0 aliphatic heterocycles. The number of rotatable bonds is 8. The van der Waals surface area contributed by atoms with E-state index in [0.29, 0.717) is 12.3 Å². The lowest BCUT2D eigenvalue weighted by molar-refractivity contribution is 0.144. The number of sulfonamides is 1. The molecule has 0 aliphatic carbocycles. The first-order chi connectivity index (χ1) is 9.38. The Morgan fingerprint density at radius 2 is 2.15 bits per heavy atom. The summed E-state index contributed by atoms with van der Waals surface area (Å²) in [5, 5.41) is 0.150. The highest BCUT2D eigenvalue weighted by Crippen LogP contribution is 2.26. The fourth-order valence-electron chi connectivity index (χ4n) is 1.47. The van der Waals surface area contributed by atoms with Crippen LogP contribution in [0, 0.1) is 6.92 Å². The summed E-state index contributed by atoms with van der Waals surface area (Å²) >= 11 is 5.95. The minimum atomic E-state index is -3.69. The van der Waals surface area contributed by atoms with Crippen LogP contribution in [0.15, 0.2) is 29.7 Å². The summed E-state index contributed by atoms with van der Waals surface area (Å²) in [6.07, 6.45) is 2.46. The van der Waals surface area contributed by atoms with Gasteiger partial charge in [-0.05, 0) is 31.0 Å². The molecular formula is C13H19ClN2O3S. The number of nitrogen functional groups attached to an aromatic ring is 1. The van der Waals surface area contributed by atoms with Crippen LogP contribution >= 0.6 is 11.6 Å². The van der Waals surface area contributed by atoms with Crippen molar-refractivity contribution in [3.05, 3.63) is 35.4 Å². The van der Waals surface area contributed by atoms with Gasteiger partial charge in [0.15, 0.2) is 0 Å². The van der Waals surface area contributed by atoms with Gasteiger partial charge in [0.05, 0.1) is 18.2 Å². The zero-order valence-electron chi connectivity index (χ0n) is 11.4. The van der Waals surface area contributed by atoms with E-state index in [0.717, 1.165) is 12.0 Å². The van der Waals surface area contributed by atoms with Gasteiger partial charge in [0, 0.05) is 12.2 Å². The predicted octanol–water partition coefficient (Wildman–Crippen LogP) is 2.10. The number of anilines is 1. The molecule has 0 amide bonds. The lowest BCUT2D eigenvalue weighted by Gasteiger charge is -2.10. The second kappa shape index (κ2) is 7.64. The van der Waals surface area contributed by atoms with Crippen molar-refractivity contribution >= 4 is 27.3 Å². The van der Waals surface area contributed by atoms with E-state index in [4.69, 9.17) is 22.1 Å². The molecule has 112 valence electrons. The van der Waals surface area contributed by atoms with Crippen molar-refractivity contribution in [1.29, 1.82) is 0 Å². The highest BCUT2D eigenvalue weighted by Gasteiger charge is 2.18. The molecule has 20 heavy (non-hydrogen) atoms. The van der Waals surface area contributed by atoms with E-state index < -0.39 is 10.0 Å². The smallest absolute Gasteiger partial charge is 0.242 e. The van der Waals surface area contributed by atoms with Gasteiger partial charge in [-0.15, -0.1) is 6.58 Å². The summed E-state index contributed by atoms with van der Waals surface area (Å²) in [6, 6.07) is 2.89. The van der Waals surface area contributed by atoms with Gasteiger partial charge in [-0.2, -0.15) is 0 Å². The molecule has 0 aromatic heterocycles. The van der Waals surface area contributed by atoms with Crippen molar-refractivity contribution in [3.8, 4) is 0 Å². The third-order valence-electron chi connectivity index (χ3n) is 2.61. The fourth-order valence-corrected chi connectivity index (χ4v) is 3.10. The van der Waals surface area contributed by atoms with Gasteiger partial charge in [0.2, 0.25) is 10.0 Å². The minimum Gasteiger partial charge on any atom is -0.398 e. The van der Waals surface area contributed by atoms with Crippen LogP contribution in [-0.4, -0.2) is 28.2 Å². The average molecular weight is 319 g/mol. The summed E-state index contributed by atoms with van der Waals surface area (Å²) in [5.41, 5.74) is 6.83. The van der Waals surface area contributed by atoms with Crippen molar-refractivity contribution in [2.75, 3.05) is 25.5 Å². The molecule has 3 N–H and O–H groups in total. The number of ether oxygens (including phenoxy) is 1. The third-order valence-corrected chi connectivity index (χ3v) is 4.54. The summed E-state index contributed by atoms with van der Waals surface area (Å²) in [5.74, 6) is 0. The van der Waals surface area contributed by atoms with Crippen LogP contribution in [0.4, 0.5) is 5.69 Å². The fraction of sp³-hybridized carbons (Fsp3) is 0.385. The predicted molar refractivity (Wildman–Crippen MR) is 81.4 cm³/mol. The lowest BCUT2D eigenvalue weighted by atomic mass is 10.2. The van der Waals surface area contributed by atoms with E-state index in [1.165, 1.54) is 12.1 Å². The maximum Gasteiger partial charge on any atom is 0.242 e. The summed E-state index contributed by atoms with van der Waals surface area (Å²) in [4.78, 5) is -0.0200. The number of aryl methyl sites for hydroxylation is 1. The summed E-state index contributed by atoms with van der Waals surface area (Å²) in [7, 11) is -3.69. The quantitative estimate of drug-likeness (QED) is 0.437. The zero-order valence-corrected chi connectivity index (χ0v) is 12.9. The Kier molecular flexibility index (Phi) is 6.48. The number of nitrogens with two attached hydrogens (primary N) is 1. The number of benzene rings is 1. The molecule has 5 nitrogen and oxygen atoms in total. The second-order valence-corrected chi connectivity index (χ2v) is 6.37. The van der Waals surface area contributed by atoms with Crippen LogP contribution in [0.2, 0.25) is 5.02 Å². The number of nitrogens with one attached hydrogen (secondary N) is 1. The van der Waals surface area contributed by atoms with E-state index in [1.54, 1.807) is 13.0 Å². The molecule has 0 atom stereocenters. The molecular weight excluding hydrogens is 300 g/mol. The monoisotopic (exact) mass is 318 g/mol. The molecule has 7 heteroatoms. The summed E-state index contributed by atoms with van der Waals surface area (Å²) in [6.45, 7) is 6.30. The van der Waals surface area contributed by atoms with E-state index in [-0.39, 0.29) is 23.1 Å². The average Bonchev–Trinajstić information content (AvgIpc) is 2.37. The maximum absolute atomic E-state index is 12.1. The Morgan fingerprint density at radius 3 is 2.80 bits per heavy atom. The van der Waals surface area contributed by atoms with Gasteiger partial charge < -0.3 is 10.5 Å². The highest BCUT2D eigenvalue weighted by atomic mass is 35.5. The Labute approximate surface area is 124 Å². The normalized spacial score (nSPS) is 11.5. The molecule has 1 aromatic carbocycles. The van der Waals surface area contributed by atoms with Gasteiger partial charge in [-0.25, -0.2) is 13.1 Å². The molecule has 0 spiro atoms. The topological polar surface area (TPSA) is 81.4 Å². The SMILES string of the molecule is C=CCCOCCNS(=O)(=O)c1cc(N)c(C)cc1Cl. The molecule has 1 rings (SSSR count). The first-order valence-electron chi connectivity index (χ1n) is 6.12. The standard InChI is InChI=1S/C13H19ClN2O3S/c1-3-4-6-19-7-5-16-20(17,18)13-9-12(15)10(2)8-11(13)14/h3,8-9,16H,1,4-7,15H2,2H3. The number of hydrogen-bond donors (Lipinski definition) is 2. The van der Waals surface area contributed by atoms with Crippen LogP contribution in [0.1, 0.15) is 12.0 Å². The Balaban J connectivity index is 2.65. The van der Waals surface area contributed by atoms with Crippen molar-refractivity contribution in [1.82, 2.24) is 4.72 Å². The van der Waals surface area contributed by atoms with Gasteiger partial charge >= 0.3 is 0 Å². The molecule has 0 saturated carbocycles. The zero-order chi connectivity index (χ0) is 15.2. The van der Waals surface area contributed by atoms with Crippen molar-refractivity contribution in [2.45, 2.75) is 18.2 Å². The van der Waals surface area contributed by atoms with Gasteiger partial charge in [0.25, 0.3) is 0 Å². The molecule has 1 aromatic rings. The van der Waals surface area contributed by atoms with E-state index in [1.807, 2.05) is 0 Å². The molecule has 0 aliphatic rings. The molecule has 0 unspecified atom stereocenters.